The van der Waals surface area contributed by atoms with Gasteiger partial charge in [-0.25, -0.2) is 0 Å². The van der Waals surface area contributed by atoms with Crippen LogP contribution in [0.15, 0.2) is 18.2 Å². The Morgan fingerprint density at radius 2 is 1.83 bits per heavy atom. The van der Waals surface area contributed by atoms with Gasteiger partial charge in [0.05, 0.1) is 17.6 Å². The van der Waals surface area contributed by atoms with Crippen molar-refractivity contribution in [2.24, 2.45) is 5.92 Å². The fraction of sp³-hybridized carbons (Fsp3) is 0.588. The van der Waals surface area contributed by atoms with E-state index in [1.165, 1.54) is 6.07 Å². The van der Waals surface area contributed by atoms with Gasteiger partial charge < -0.3 is 9.84 Å². The Morgan fingerprint density at radius 1 is 1.22 bits per heavy atom. The molecule has 128 valence electrons. The van der Waals surface area contributed by atoms with E-state index in [1.54, 1.807) is 13.8 Å². The van der Waals surface area contributed by atoms with Crippen LogP contribution in [0.3, 0.4) is 0 Å². The third-order valence-corrected chi connectivity index (χ3v) is 4.22. The van der Waals surface area contributed by atoms with E-state index in [9.17, 15) is 18.0 Å². The predicted molar refractivity (Wildman–Crippen MR) is 79.5 cm³/mol. The molecule has 6 heteroatoms. The van der Waals surface area contributed by atoms with Gasteiger partial charge in [-0.1, -0.05) is 6.07 Å². The first kappa shape index (κ1) is 17.6. The highest BCUT2D eigenvalue weighted by Gasteiger charge is 2.33. The molecule has 0 atom stereocenters. The first-order valence-electron chi connectivity index (χ1n) is 7.79. The van der Waals surface area contributed by atoms with Crippen LogP contribution in [0.5, 0.6) is 5.75 Å². The third-order valence-electron chi connectivity index (χ3n) is 4.22. The molecule has 0 spiro atoms. The van der Waals surface area contributed by atoms with Crippen molar-refractivity contribution in [3.8, 4) is 5.75 Å². The van der Waals surface area contributed by atoms with Crippen LogP contribution < -0.4 is 4.74 Å². The van der Waals surface area contributed by atoms with Crippen molar-refractivity contribution in [2.45, 2.75) is 57.7 Å². The standard InChI is InChI=1S/C17H21F3O3/c1-10(2)23-15-9-13(17(18,19)20)7-8-14(15)11-3-5-12(6-4-11)16(21)22/h7-12H,3-6H2,1-2H3,(H,21,22). The minimum atomic E-state index is -4.41. The molecule has 0 radical (unpaired) electrons. The number of alkyl halides is 3. The molecule has 0 aliphatic heterocycles. The van der Waals surface area contributed by atoms with Gasteiger partial charge in [-0.15, -0.1) is 0 Å². The lowest BCUT2D eigenvalue weighted by Gasteiger charge is -2.28. The summed E-state index contributed by atoms with van der Waals surface area (Å²) in [4.78, 5) is 11.0. The zero-order valence-corrected chi connectivity index (χ0v) is 13.2. The quantitative estimate of drug-likeness (QED) is 0.858. The van der Waals surface area contributed by atoms with Crippen molar-refractivity contribution in [3.05, 3.63) is 29.3 Å². The summed E-state index contributed by atoms with van der Waals surface area (Å²) >= 11 is 0. The van der Waals surface area contributed by atoms with Crippen molar-refractivity contribution in [2.75, 3.05) is 0 Å². The number of hydrogen-bond acceptors (Lipinski definition) is 2. The Balaban J connectivity index is 2.25. The molecule has 23 heavy (non-hydrogen) atoms. The van der Waals surface area contributed by atoms with Gasteiger partial charge in [-0.05, 0) is 63.1 Å². The molecule has 0 amide bonds. The summed E-state index contributed by atoms with van der Waals surface area (Å²) in [6, 6.07) is 3.61. The fourth-order valence-corrected chi connectivity index (χ4v) is 3.06. The molecule has 1 aromatic carbocycles. The molecular formula is C17H21F3O3. The molecule has 0 aromatic heterocycles. The largest absolute Gasteiger partial charge is 0.491 e. The van der Waals surface area contributed by atoms with Crippen molar-refractivity contribution in [1.29, 1.82) is 0 Å². The molecule has 1 saturated carbocycles. The van der Waals surface area contributed by atoms with E-state index in [4.69, 9.17) is 9.84 Å². The smallest absolute Gasteiger partial charge is 0.416 e. The van der Waals surface area contributed by atoms with Gasteiger partial charge >= 0.3 is 12.1 Å². The van der Waals surface area contributed by atoms with Crippen molar-refractivity contribution >= 4 is 5.97 Å². The number of aliphatic carboxylic acids is 1. The van der Waals surface area contributed by atoms with Crippen LogP contribution in [0.1, 0.15) is 56.6 Å². The first-order chi connectivity index (χ1) is 10.7. The molecule has 1 N–H and O–H groups in total. The maximum Gasteiger partial charge on any atom is 0.416 e. The molecule has 0 heterocycles. The normalized spacial score (nSPS) is 22.2. The third kappa shape index (κ3) is 4.39. The molecule has 1 aliphatic rings. The van der Waals surface area contributed by atoms with Crippen LogP contribution in [0.4, 0.5) is 13.2 Å². The van der Waals surface area contributed by atoms with E-state index < -0.39 is 17.7 Å². The van der Waals surface area contributed by atoms with E-state index in [0.717, 1.165) is 17.7 Å². The summed E-state index contributed by atoms with van der Waals surface area (Å²) in [7, 11) is 0. The summed E-state index contributed by atoms with van der Waals surface area (Å²) < 4.78 is 44.3. The number of carbonyl (C=O) groups is 1. The number of halogens is 3. The first-order valence-corrected chi connectivity index (χ1v) is 7.79. The minimum absolute atomic E-state index is 0.0432. The number of carboxylic acid groups (broad SMARTS) is 1. The summed E-state index contributed by atoms with van der Waals surface area (Å²) in [6.07, 6.45) is -2.25. The lowest BCUT2D eigenvalue weighted by atomic mass is 9.78. The lowest BCUT2D eigenvalue weighted by Crippen LogP contribution is -2.21. The summed E-state index contributed by atoms with van der Waals surface area (Å²) in [5.74, 6) is -0.847. The number of carboxylic acids is 1. The second-order valence-electron chi connectivity index (χ2n) is 6.30. The van der Waals surface area contributed by atoms with Crippen LogP contribution in [-0.2, 0) is 11.0 Å². The number of benzene rings is 1. The van der Waals surface area contributed by atoms with Crippen molar-refractivity contribution < 1.29 is 27.8 Å². The van der Waals surface area contributed by atoms with E-state index >= 15 is 0 Å². The predicted octanol–water partition coefficient (Wildman–Crippen LogP) is 4.85. The highest BCUT2D eigenvalue weighted by molar-refractivity contribution is 5.70. The summed E-state index contributed by atoms with van der Waals surface area (Å²) in [5.41, 5.74) is 0.0201. The second-order valence-corrected chi connectivity index (χ2v) is 6.30. The molecular weight excluding hydrogens is 309 g/mol. The summed E-state index contributed by atoms with van der Waals surface area (Å²) in [5, 5.41) is 9.04. The average molecular weight is 330 g/mol. The highest BCUT2D eigenvalue weighted by atomic mass is 19.4. The Hall–Kier alpha value is -1.72. The number of hydrogen-bond donors (Lipinski definition) is 1. The SMILES string of the molecule is CC(C)Oc1cc(C(F)(F)F)ccc1C1CCC(C(=O)O)CC1. The number of rotatable bonds is 4. The van der Waals surface area contributed by atoms with Gasteiger partial charge in [-0.2, -0.15) is 13.2 Å². The van der Waals surface area contributed by atoms with E-state index in [-0.39, 0.29) is 23.7 Å². The Bertz CT molecular complexity index is 559. The van der Waals surface area contributed by atoms with Gasteiger partial charge in [0.2, 0.25) is 0 Å². The number of ether oxygens (including phenoxy) is 1. The van der Waals surface area contributed by atoms with E-state index in [2.05, 4.69) is 0 Å². The zero-order chi connectivity index (χ0) is 17.2. The van der Waals surface area contributed by atoms with Gasteiger partial charge in [0.1, 0.15) is 5.75 Å². The zero-order valence-electron chi connectivity index (χ0n) is 13.2. The molecule has 0 bridgehead atoms. The fourth-order valence-electron chi connectivity index (χ4n) is 3.06. The van der Waals surface area contributed by atoms with Crippen LogP contribution in [0.2, 0.25) is 0 Å². The van der Waals surface area contributed by atoms with E-state index in [1.807, 2.05) is 0 Å². The van der Waals surface area contributed by atoms with Gasteiger partial charge in [0, 0.05) is 0 Å². The topological polar surface area (TPSA) is 46.5 Å². The Kier molecular flexibility index (Phi) is 5.22. The Morgan fingerprint density at radius 3 is 2.30 bits per heavy atom. The van der Waals surface area contributed by atoms with E-state index in [0.29, 0.717) is 25.7 Å². The monoisotopic (exact) mass is 330 g/mol. The van der Waals surface area contributed by atoms with Crippen LogP contribution in [0.25, 0.3) is 0 Å². The minimum Gasteiger partial charge on any atom is -0.491 e. The maximum absolute atomic E-state index is 12.9. The molecule has 1 aliphatic carbocycles. The van der Waals surface area contributed by atoms with Crippen molar-refractivity contribution in [1.82, 2.24) is 0 Å². The lowest BCUT2D eigenvalue weighted by molar-refractivity contribution is -0.143. The van der Waals surface area contributed by atoms with Crippen LogP contribution in [0, 0.1) is 5.92 Å². The molecule has 0 unspecified atom stereocenters. The van der Waals surface area contributed by atoms with Crippen molar-refractivity contribution in [3.63, 3.8) is 0 Å². The van der Waals surface area contributed by atoms with Gasteiger partial charge in [0.15, 0.2) is 0 Å². The molecule has 3 nitrogen and oxygen atoms in total. The van der Waals surface area contributed by atoms with Crippen LogP contribution >= 0.6 is 0 Å². The van der Waals surface area contributed by atoms with Gasteiger partial charge in [0.25, 0.3) is 0 Å². The van der Waals surface area contributed by atoms with Gasteiger partial charge in [-0.3, -0.25) is 4.79 Å². The summed E-state index contributed by atoms with van der Waals surface area (Å²) in [6.45, 7) is 3.54. The second kappa shape index (κ2) is 6.81. The van der Waals surface area contributed by atoms with Crippen LogP contribution in [-0.4, -0.2) is 17.2 Å². The molecule has 2 rings (SSSR count). The Labute approximate surface area is 133 Å². The molecule has 1 aromatic rings. The maximum atomic E-state index is 12.9. The average Bonchev–Trinajstić information content (AvgIpc) is 2.45. The molecule has 1 fully saturated rings. The molecule has 0 saturated heterocycles. The highest BCUT2D eigenvalue weighted by Crippen LogP contribution is 2.42.